The molecule has 1 aliphatic heterocycles. The summed E-state index contributed by atoms with van der Waals surface area (Å²) in [5.74, 6) is 0.524. The second-order valence-electron chi connectivity index (χ2n) is 12.9. The Hall–Kier alpha value is -6.13. The van der Waals surface area contributed by atoms with E-state index in [4.69, 9.17) is 19.5 Å². The highest BCUT2D eigenvalue weighted by Gasteiger charge is 2.19. The summed E-state index contributed by atoms with van der Waals surface area (Å²) in [4.78, 5) is 37.9. The number of hydrogen-bond donors (Lipinski definition) is 2. The molecule has 2 heterocycles. The molecule has 0 bridgehead atoms. The van der Waals surface area contributed by atoms with E-state index in [-0.39, 0.29) is 28.5 Å². The Morgan fingerprint density at radius 3 is 1.59 bits per heavy atom. The van der Waals surface area contributed by atoms with Gasteiger partial charge in [-0.1, -0.05) is 80.8 Å². The van der Waals surface area contributed by atoms with E-state index in [1.54, 1.807) is 37.0 Å². The molecule has 4 aromatic carbocycles. The number of ether oxygens (including phenoxy) is 2. The molecule has 5 aromatic rings. The summed E-state index contributed by atoms with van der Waals surface area (Å²) in [5.41, 5.74) is 3.89. The maximum Gasteiger partial charge on any atom is 0.199 e. The second-order valence-corrected chi connectivity index (χ2v) is 12.9. The van der Waals surface area contributed by atoms with Crippen molar-refractivity contribution >= 4 is 46.7 Å². The van der Waals surface area contributed by atoms with Crippen molar-refractivity contribution in [1.29, 1.82) is 0 Å². The maximum atomic E-state index is 14.2. The number of ketones is 2. The van der Waals surface area contributed by atoms with Crippen molar-refractivity contribution < 1.29 is 40.6 Å². The SMILES string of the molecule is CCCCCCOc1ccccc1C(=O)/C1=C/Nc2ccccc2N=C/C(C(=O)c2ccccc2OCCC[n+]2ccccc2)=C\Nc2ccccc2N=C1.[Br-]. The third-order valence-electron chi connectivity index (χ3n) is 8.90. The number of aliphatic imine (C=N–C) groups is 2. The molecule has 0 unspecified atom stereocenters. The molecule has 0 aliphatic carbocycles. The molecule has 2 N–H and O–H groups in total. The minimum absolute atomic E-state index is 0. The number of rotatable bonds is 15. The van der Waals surface area contributed by atoms with Crippen LogP contribution in [0.4, 0.5) is 22.7 Å². The molecule has 0 radical (unpaired) electrons. The fourth-order valence-electron chi connectivity index (χ4n) is 5.92. The summed E-state index contributed by atoms with van der Waals surface area (Å²) in [5, 5.41) is 6.57. The minimum Gasteiger partial charge on any atom is -1.00 e. The number of aryl methyl sites for hydroxylation is 1. The Morgan fingerprint density at radius 2 is 1.05 bits per heavy atom. The lowest BCUT2D eigenvalue weighted by molar-refractivity contribution is -0.697. The molecular weight excluding hydrogens is 766 g/mol. The number of aromatic nitrogens is 1. The van der Waals surface area contributed by atoms with Crippen molar-refractivity contribution in [3.63, 3.8) is 0 Å². The van der Waals surface area contributed by atoms with Crippen molar-refractivity contribution in [2.45, 2.75) is 45.6 Å². The van der Waals surface area contributed by atoms with Gasteiger partial charge in [-0.05, 0) is 55.0 Å². The first-order valence-electron chi connectivity index (χ1n) is 18.8. The van der Waals surface area contributed by atoms with Crippen LogP contribution in [0.15, 0.2) is 161 Å². The number of Topliss-reactive ketones (excluding diaryl/α,β-unsaturated/α-hetero) is 2. The van der Waals surface area contributed by atoms with Crippen LogP contribution < -0.4 is 41.7 Å². The fourth-order valence-corrected chi connectivity index (χ4v) is 5.92. The van der Waals surface area contributed by atoms with Gasteiger partial charge >= 0.3 is 0 Å². The average Bonchev–Trinajstić information content (AvgIpc) is 3.23. The van der Waals surface area contributed by atoms with Gasteiger partial charge in [0.05, 0.1) is 58.2 Å². The van der Waals surface area contributed by atoms with Crippen molar-refractivity contribution in [3.05, 3.63) is 162 Å². The van der Waals surface area contributed by atoms with Crippen molar-refractivity contribution in [2.75, 3.05) is 23.8 Å². The van der Waals surface area contributed by atoms with Gasteiger partial charge in [-0.2, -0.15) is 0 Å². The molecule has 0 saturated carbocycles. The number of benzene rings is 4. The minimum atomic E-state index is -0.262. The Morgan fingerprint density at radius 1 is 0.571 bits per heavy atom. The quantitative estimate of drug-likeness (QED) is 0.0679. The van der Waals surface area contributed by atoms with E-state index in [9.17, 15) is 9.59 Å². The molecule has 0 atom stereocenters. The number of anilines is 2. The van der Waals surface area contributed by atoms with Gasteiger partial charge in [0.15, 0.2) is 30.5 Å². The van der Waals surface area contributed by atoms with Gasteiger partial charge < -0.3 is 37.1 Å². The van der Waals surface area contributed by atoms with Gasteiger partial charge in [-0.15, -0.1) is 0 Å². The normalized spacial score (nSPS) is 14.1. The molecule has 6 rings (SSSR count). The molecule has 286 valence electrons. The van der Waals surface area contributed by atoms with Crippen LogP contribution in [0.2, 0.25) is 0 Å². The Balaban J connectivity index is 0.00000600. The van der Waals surface area contributed by atoms with Crippen molar-refractivity contribution in [2.24, 2.45) is 9.98 Å². The van der Waals surface area contributed by atoms with Crippen LogP contribution in [0.3, 0.4) is 0 Å². The second kappa shape index (κ2) is 21.7. The highest BCUT2D eigenvalue weighted by atomic mass is 79.9. The predicted octanol–water partition coefficient (Wildman–Crippen LogP) is 6.88. The van der Waals surface area contributed by atoms with Crippen LogP contribution in [0, 0.1) is 0 Å². The van der Waals surface area contributed by atoms with Crippen LogP contribution in [-0.4, -0.2) is 37.2 Å². The summed E-state index contributed by atoms with van der Waals surface area (Å²) in [6.07, 6.45) is 15.4. The predicted molar refractivity (Wildman–Crippen MR) is 221 cm³/mol. The lowest BCUT2D eigenvalue weighted by Crippen LogP contribution is -3.00. The average molecular weight is 813 g/mol. The van der Waals surface area contributed by atoms with E-state index in [0.717, 1.165) is 38.6 Å². The molecule has 1 aromatic heterocycles. The monoisotopic (exact) mass is 811 g/mol. The van der Waals surface area contributed by atoms with E-state index in [1.165, 1.54) is 0 Å². The first-order chi connectivity index (χ1) is 27.1. The third kappa shape index (κ3) is 11.4. The van der Waals surface area contributed by atoms with Crippen LogP contribution in [0.25, 0.3) is 0 Å². The van der Waals surface area contributed by atoms with E-state index < -0.39 is 0 Å². The molecule has 0 saturated heterocycles. The molecule has 9 nitrogen and oxygen atoms in total. The number of carbonyl (C=O) groups is 2. The number of nitrogens with zero attached hydrogens (tertiary/aromatic N) is 3. The molecule has 10 heteroatoms. The zero-order valence-electron chi connectivity index (χ0n) is 31.4. The molecule has 0 spiro atoms. The zero-order valence-corrected chi connectivity index (χ0v) is 33.0. The number of carbonyl (C=O) groups excluding carboxylic acids is 2. The van der Waals surface area contributed by atoms with Crippen LogP contribution in [0.5, 0.6) is 11.5 Å². The first-order valence-corrected chi connectivity index (χ1v) is 18.8. The summed E-state index contributed by atoms with van der Waals surface area (Å²) >= 11 is 0. The van der Waals surface area contributed by atoms with Gasteiger partial charge in [-0.3, -0.25) is 19.6 Å². The molecule has 0 fully saturated rings. The number of halogens is 1. The van der Waals surface area contributed by atoms with Crippen molar-refractivity contribution in [1.82, 2.24) is 0 Å². The Bertz CT molecular complexity index is 2200. The highest BCUT2D eigenvalue weighted by Crippen LogP contribution is 2.29. The van der Waals surface area contributed by atoms with Crippen LogP contribution in [-0.2, 0) is 6.54 Å². The first kappa shape index (κ1) is 41.0. The van der Waals surface area contributed by atoms with E-state index in [2.05, 4.69) is 22.1 Å². The lowest BCUT2D eigenvalue weighted by atomic mass is 10.0. The smallest absolute Gasteiger partial charge is 0.199 e. The van der Waals surface area contributed by atoms with Gasteiger partial charge in [-0.25, -0.2) is 4.57 Å². The molecule has 0 amide bonds. The van der Waals surface area contributed by atoms with Crippen molar-refractivity contribution in [3.8, 4) is 11.5 Å². The van der Waals surface area contributed by atoms with Gasteiger partial charge in [0, 0.05) is 43.4 Å². The number of hydrogen-bond acceptors (Lipinski definition) is 8. The standard InChI is InChI=1S/C46H45N5O4.BrH/c1-2-3-4-16-29-54-43-24-12-6-18-37(43)45(52)35-31-47-39-20-8-10-22-41(39)49-33-36(34-50-42-23-11-9-21-40(42)48-32-35)46(53)38-19-7-13-25-44(38)55-30-17-28-51-26-14-5-15-27-51;/h5-15,18-27,31-34H,2-4,16-17,28-30H2,1H3,(H-,47,48,49,50,52,53);1H. The zero-order chi connectivity index (χ0) is 38.1. The molecular formula is C46H46BrN5O4. The summed E-state index contributed by atoms with van der Waals surface area (Å²) < 4.78 is 14.4. The number of allylic oxidation sites excluding steroid dienone is 2. The lowest BCUT2D eigenvalue weighted by Gasteiger charge is -2.13. The molecule has 56 heavy (non-hydrogen) atoms. The largest absolute Gasteiger partial charge is 1.00 e. The Kier molecular flexibility index (Phi) is 15.9. The van der Waals surface area contributed by atoms with Crippen LogP contribution >= 0.6 is 0 Å². The fraction of sp³-hybridized carbons (Fsp3) is 0.196. The number of fused-ring (bicyclic) bond motifs is 2. The Labute approximate surface area is 339 Å². The number of nitrogens with one attached hydrogen (secondary N) is 2. The maximum absolute atomic E-state index is 14.2. The summed E-state index contributed by atoms with van der Waals surface area (Å²) in [6, 6.07) is 35.4. The summed E-state index contributed by atoms with van der Waals surface area (Å²) in [6.45, 7) is 3.94. The molecule has 1 aliphatic rings. The third-order valence-corrected chi connectivity index (χ3v) is 8.90. The number of pyridine rings is 1. The number of para-hydroxylation sites is 6. The summed E-state index contributed by atoms with van der Waals surface area (Å²) in [7, 11) is 0. The van der Waals surface area contributed by atoms with Gasteiger partial charge in [0.2, 0.25) is 0 Å². The number of unbranched alkanes of at least 4 members (excludes halogenated alkanes) is 3. The van der Waals surface area contributed by atoms with E-state index in [0.29, 0.717) is 69.7 Å². The van der Waals surface area contributed by atoms with Crippen LogP contribution in [0.1, 0.15) is 59.7 Å². The van der Waals surface area contributed by atoms with E-state index in [1.807, 2.05) is 116 Å². The van der Waals surface area contributed by atoms with Gasteiger partial charge in [0.25, 0.3) is 0 Å². The highest BCUT2D eigenvalue weighted by molar-refractivity contribution is 6.23. The van der Waals surface area contributed by atoms with E-state index >= 15 is 0 Å². The van der Waals surface area contributed by atoms with Gasteiger partial charge in [0.1, 0.15) is 11.5 Å². The topological polar surface area (TPSA) is 105 Å².